The fraction of sp³-hybridized carbons (Fsp3) is 0.316. The second-order valence-electron chi connectivity index (χ2n) is 6.24. The van der Waals surface area contributed by atoms with E-state index in [1.165, 1.54) is 12.1 Å². The number of halogens is 1. The highest BCUT2D eigenvalue weighted by atomic mass is 19.1. The highest BCUT2D eigenvalue weighted by molar-refractivity contribution is 5.95. The van der Waals surface area contributed by atoms with Crippen LogP contribution in [0.15, 0.2) is 42.5 Å². The summed E-state index contributed by atoms with van der Waals surface area (Å²) in [6.45, 7) is 2.03. The molecule has 1 aliphatic rings. The number of nitrogens with two attached hydrogens (primary N) is 1. The summed E-state index contributed by atoms with van der Waals surface area (Å²) in [5.41, 5.74) is 7.69. The lowest BCUT2D eigenvalue weighted by Crippen LogP contribution is -2.42. The van der Waals surface area contributed by atoms with Crippen LogP contribution < -0.4 is 5.73 Å². The van der Waals surface area contributed by atoms with Gasteiger partial charge in [0.25, 0.3) is 5.91 Å². The summed E-state index contributed by atoms with van der Waals surface area (Å²) >= 11 is 0. The number of piperidine rings is 1. The Bertz CT molecular complexity index is 748. The van der Waals surface area contributed by atoms with Gasteiger partial charge in [0.15, 0.2) is 11.6 Å². The number of phenols is 1. The Hall–Kier alpha value is -2.40. The number of amides is 1. The summed E-state index contributed by atoms with van der Waals surface area (Å²) < 4.78 is 13.6. The molecule has 0 spiro atoms. The van der Waals surface area contributed by atoms with Gasteiger partial charge in [-0.2, -0.15) is 0 Å². The largest absolute Gasteiger partial charge is 0.505 e. The Morgan fingerprint density at radius 3 is 2.79 bits per heavy atom. The molecule has 2 aromatic rings. The molecule has 2 aromatic carbocycles. The topological polar surface area (TPSA) is 66.6 Å². The van der Waals surface area contributed by atoms with Crippen molar-refractivity contribution in [1.29, 1.82) is 0 Å². The van der Waals surface area contributed by atoms with Crippen molar-refractivity contribution in [2.24, 2.45) is 11.7 Å². The molecule has 1 fully saturated rings. The van der Waals surface area contributed by atoms with E-state index in [0.29, 0.717) is 30.1 Å². The van der Waals surface area contributed by atoms with Crippen LogP contribution in [0.3, 0.4) is 0 Å². The Labute approximate surface area is 140 Å². The van der Waals surface area contributed by atoms with Crippen molar-refractivity contribution in [2.45, 2.75) is 12.8 Å². The third-order valence-corrected chi connectivity index (χ3v) is 4.53. The second-order valence-corrected chi connectivity index (χ2v) is 6.24. The third-order valence-electron chi connectivity index (χ3n) is 4.53. The van der Waals surface area contributed by atoms with Crippen LogP contribution >= 0.6 is 0 Å². The summed E-state index contributed by atoms with van der Waals surface area (Å²) in [6.07, 6.45) is 2.03. The molecule has 1 atom stereocenters. The lowest BCUT2D eigenvalue weighted by Gasteiger charge is -2.32. The Kier molecular flexibility index (Phi) is 4.81. The first-order valence-electron chi connectivity index (χ1n) is 8.17. The summed E-state index contributed by atoms with van der Waals surface area (Å²) in [6, 6.07) is 11.4. The van der Waals surface area contributed by atoms with Crippen molar-refractivity contribution in [3.8, 4) is 16.9 Å². The first-order chi connectivity index (χ1) is 11.6. The molecule has 3 N–H and O–H groups in total. The van der Waals surface area contributed by atoms with Gasteiger partial charge in [-0.15, -0.1) is 0 Å². The lowest BCUT2D eigenvalue weighted by molar-refractivity contribution is 0.0678. The number of phenolic OH excluding ortho intramolecular Hbond substituents is 1. The molecular formula is C19H21FN2O2. The van der Waals surface area contributed by atoms with E-state index in [2.05, 4.69) is 0 Å². The Balaban J connectivity index is 1.84. The van der Waals surface area contributed by atoms with Gasteiger partial charge < -0.3 is 15.7 Å². The smallest absolute Gasteiger partial charge is 0.253 e. The van der Waals surface area contributed by atoms with Crippen molar-refractivity contribution in [3.05, 3.63) is 53.8 Å². The van der Waals surface area contributed by atoms with Gasteiger partial charge in [-0.3, -0.25) is 4.79 Å². The second kappa shape index (κ2) is 7.01. The summed E-state index contributed by atoms with van der Waals surface area (Å²) in [4.78, 5) is 14.6. The Morgan fingerprint density at radius 1 is 1.25 bits per heavy atom. The van der Waals surface area contributed by atoms with Crippen LogP contribution in [0.5, 0.6) is 5.75 Å². The maximum Gasteiger partial charge on any atom is 0.253 e. The summed E-state index contributed by atoms with van der Waals surface area (Å²) in [5, 5.41) is 9.31. The number of carbonyl (C=O) groups is 1. The molecule has 0 aromatic heterocycles. The normalized spacial score (nSPS) is 17.8. The number of benzene rings is 2. The Morgan fingerprint density at radius 2 is 2.04 bits per heavy atom. The van der Waals surface area contributed by atoms with E-state index in [-0.39, 0.29) is 11.7 Å². The molecule has 1 aliphatic heterocycles. The van der Waals surface area contributed by atoms with Crippen LogP contribution in [0.1, 0.15) is 23.2 Å². The number of hydrogen-bond acceptors (Lipinski definition) is 3. The maximum absolute atomic E-state index is 13.6. The molecule has 0 saturated carbocycles. The standard InChI is InChI=1S/C19H21FN2O2/c20-17-10-15(6-7-18(17)23)14-4-1-5-16(9-14)19(24)22-8-2-3-13(11-21)12-22/h1,4-7,9-10,13,23H,2-3,8,11-12,21H2/t13-/m0/s1. The van der Waals surface area contributed by atoms with Crippen molar-refractivity contribution in [2.75, 3.05) is 19.6 Å². The average Bonchev–Trinajstić information content (AvgIpc) is 2.63. The molecule has 4 nitrogen and oxygen atoms in total. The van der Waals surface area contributed by atoms with Gasteiger partial charge in [0.1, 0.15) is 0 Å². The van der Waals surface area contributed by atoms with Crippen molar-refractivity contribution in [3.63, 3.8) is 0 Å². The van der Waals surface area contributed by atoms with Crippen LogP contribution in [0.4, 0.5) is 4.39 Å². The molecule has 0 unspecified atom stereocenters. The lowest BCUT2D eigenvalue weighted by atomic mass is 9.97. The molecule has 126 valence electrons. The number of hydrogen-bond donors (Lipinski definition) is 2. The average molecular weight is 328 g/mol. The SMILES string of the molecule is NC[C@@H]1CCCN(C(=O)c2cccc(-c3ccc(O)c(F)c3)c2)C1. The predicted octanol–water partition coefficient (Wildman–Crippen LogP) is 3.01. The van der Waals surface area contributed by atoms with Crippen LogP contribution in [-0.4, -0.2) is 35.5 Å². The van der Waals surface area contributed by atoms with Gasteiger partial charge in [-0.25, -0.2) is 4.39 Å². The van der Waals surface area contributed by atoms with Gasteiger partial charge in [-0.1, -0.05) is 18.2 Å². The first-order valence-corrected chi connectivity index (χ1v) is 8.17. The van der Waals surface area contributed by atoms with Crippen LogP contribution in [0.2, 0.25) is 0 Å². The quantitative estimate of drug-likeness (QED) is 0.910. The van der Waals surface area contributed by atoms with Crippen molar-refractivity contribution >= 4 is 5.91 Å². The highest BCUT2D eigenvalue weighted by Crippen LogP contribution is 2.26. The van der Waals surface area contributed by atoms with Crippen LogP contribution in [-0.2, 0) is 0 Å². The minimum Gasteiger partial charge on any atom is -0.505 e. The number of carbonyl (C=O) groups excluding carboxylic acids is 1. The number of nitrogens with zero attached hydrogens (tertiary/aromatic N) is 1. The van der Waals surface area contributed by atoms with Crippen molar-refractivity contribution in [1.82, 2.24) is 4.90 Å². The van der Waals surface area contributed by atoms with Crippen molar-refractivity contribution < 1.29 is 14.3 Å². The van der Waals surface area contributed by atoms with E-state index >= 15 is 0 Å². The summed E-state index contributed by atoms with van der Waals surface area (Å²) in [5.74, 6) is -0.718. The van der Waals surface area contributed by atoms with E-state index in [0.717, 1.165) is 24.9 Å². The van der Waals surface area contributed by atoms with Gasteiger partial charge in [0.05, 0.1) is 0 Å². The van der Waals surface area contributed by atoms with E-state index in [1.807, 2.05) is 11.0 Å². The van der Waals surface area contributed by atoms with Gasteiger partial charge in [0.2, 0.25) is 0 Å². The van der Waals surface area contributed by atoms with E-state index in [1.54, 1.807) is 24.3 Å². The molecular weight excluding hydrogens is 307 g/mol. The fourth-order valence-electron chi connectivity index (χ4n) is 3.14. The molecule has 24 heavy (non-hydrogen) atoms. The minimum absolute atomic E-state index is 0.0192. The molecule has 0 aliphatic carbocycles. The van der Waals surface area contributed by atoms with E-state index in [4.69, 9.17) is 5.73 Å². The number of likely N-dealkylation sites (tertiary alicyclic amines) is 1. The number of aromatic hydroxyl groups is 1. The summed E-state index contributed by atoms with van der Waals surface area (Å²) in [7, 11) is 0. The molecule has 1 saturated heterocycles. The fourth-order valence-corrected chi connectivity index (χ4v) is 3.14. The van der Waals surface area contributed by atoms with Crippen LogP contribution in [0, 0.1) is 11.7 Å². The molecule has 0 radical (unpaired) electrons. The zero-order chi connectivity index (χ0) is 17.1. The van der Waals surface area contributed by atoms with Gasteiger partial charge >= 0.3 is 0 Å². The predicted molar refractivity (Wildman–Crippen MR) is 91.2 cm³/mol. The molecule has 3 rings (SSSR count). The van der Waals surface area contributed by atoms with Crippen LogP contribution in [0.25, 0.3) is 11.1 Å². The minimum atomic E-state index is -0.675. The van der Waals surface area contributed by atoms with E-state index in [9.17, 15) is 14.3 Å². The monoisotopic (exact) mass is 328 g/mol. The zero-order valence-corrected chi connectivity index (χ0v) is 13.4. The molecule has 5 heteroatoms. The highest BCUT2D eigenvalue weighted by Gasteiger charge is 2.23. The molecule has 1 amide bonds. The van der Waals surface area contributed by atoms with E-state index < -0.39 is 5.82 Å². The van der Waals surface area contributed by atoms with Gasteiger partial charge in [-0.05, 0) is 60.7 Å². The number of rotatable bonds is 3. The maximum atomic E-state index is 13.6. The first kappa shape index (κ1) is 16.5. The zero-order valence-electron chi connectivity index (χ0n) is 13.4. The third kappa shape index (κ3) is 3.41. The molecule has 1 heterocycles. The van der Waals surface area contributed by atoms with Gasteiger partial charge in [0, 0.05) is 18.7 Å². The molecule has 0 bridgehead atoms.